The number of aliphatic hydroxyl groups is 1. The standard InChI is InChI=1S/C30H32F2N4O3/c1-3-20-6-4-7-21(11-20)17-33-18-28(37)27(14-22-12-24(31)16-25(32)13-22)34-30(39)23-8-5-9-26(15-23)36-29(38)10-19(2)35-36/h4-13,15-16,27-28,33,35,37H,3,14,17-18H2,1-2H3,(H,34,39)/t27-,28+/m1/s1. The number of carbonyl (C=O) groups is 1. The Morgan fingerprint density at radius 3 is 2.38 bits per heavy atom. The molecule has 0 saturated heterocycles. The largest absolute Gasteiger partial charge is 0.390 e. The minimum absolute atomic E-state index is 0.00353. The van der Waals surface area contributed by atoms with Crippen LogP contribution in [0.15, 0.2) is 77.6 Å². The number of carbonyl (C=O) groups excluding carboxylic acids is 1. The zero-order valence-electron chi connectivity index (χ0n) is 21.9. The summed E-state index contributed by atoms with van der Waals surface area (Å²) in [5.74, 6) is -1.97. The first kappa shape index (κ1) is 27.9. The first-order valence-corrected chi connectivity index (χ1v) is 12.8. The van der Waals surface area contributed by atoms with Crippen molar-refractivity contribution in [3.63, 3.8) is 0 Å². The second-order valence-electron chi connectivity index (χ2n) is 9.60. The van der Waals surface area contributed by atoms with Crippen LogP contribution in [0.3, 0.4) is 0 Å². The summed E-state index contributed by atoms with van der Waals surface area (Å²) in [6.07, 6.45) is -0.149. The van der Waals surface area contributed by atoms with Crippen LogP contribution in [0, 0.1) is 18.6 Å². The quantitative estimate of drug-likeness (QED) is 0.235. The van der Waals surface area contributed by atoms with E-state index in [1.807, 2.05) is 18.2 Å². The lowest BCUT2D eigenvalue weighted by atomic mass is 10.00. The molecule has 4 N–H and O–H groups in total. The highest BCUT2D eigenvalue weighted by Crippen LogP contribution is 2.14. The molecule has 1 heterocycles. The number of aliphatic hydroxyl groups excluding tert-OH is 1. The number of halogens is 2. The maximum absolute atomic E-state index is 13.9. The van der Waals surface area contributed by atoms with E-state index in [0.29, 0.717) is 23.5 Å². The number of aromatic amines is 1. The van der Waals surface area contributed by atoms with Crippen molar-refractivity contribution in [1.29, 1.82) is 0 Å². The van der Waals surface area contributed by atoms with Crippen molar-refractivity contribution in [2.24, 2.45) is 0 Å². The van der Waals surface area contributed by atoms with Gasteiger partial charge in [-0.2, -0.15) is 0 Å². The number of aryl methyl sites for hydroxylation is 2. The smallest absolute Gasteiger partial charge is 0.271 e. The summed E-state index contributed by atoms with van der Waals surface area (Å²) >= 11 is 0. The number of benzene rings is 3. The van der Waals surface area contributed by atoms with Gasteiger partial charge in [-0.25, -0.2) is 13.5 Å². The van der Waals surface area contributed by atoms with E-state index >= 15 is 0 Å². The van der Waals surface area contributed by atoms with Crippen LogP contribution in [0.2, 0.25) is 0 Å². The van der Waals surface area contributed by atoms with Gasteiger partial charge < -0.3 is 15.7 Å². The van der Waals surface area contributed by atoms with Crippen molar-refractivity contribution < 1.29 is 18.7 Å². The van der Waals surface area contributed by atoms with Gasteiger partial charge in [0.2, 0.25) is 0 Å². The lowest BCUT2D eigenvalue weighted by molar-refractivity contribution is 0.0830. The zero-order valence-corrected chi connectivity index (χ0v) is 21.9. The van der Waals surface area contributed by atoms with Crippen LogP contribution >= 0.6 is 0 Å². The summed E-state index contributed by atoms with van der Waals surface area (Å²) in [7, 11) is 0. The third kappa shape index (κ3) is 7.49. The van der Waals surface area contributed by atoms with Gasteiger partial charge in [0.05, 0.1) is 17.8 Å². The molecule has 0 bridgehead atoms. The van der Waals surface area contributed by atoms with Gasteiger partial charge in [0.1, 0.15) is 11.6 Å². The predicted octanol–water partition coefficient (Wildman–Crippen LogP) is 3.81. The van der Waals surface area contributed by atoms with E-state index in [2.05, 4.69) is 28.7 Å². The Labute approximate surface area is 225 Å². The molecule has 0 aliphatic carbocycles. The Morgan fingerprint density at radius 2 is 1.69 bits per heavy atom. The molecule has 204 valence electrons. The Balaban J connectivity index is 1.51. The second kappa shape index (κ2) is 12.6. The number of hydrogen-bond donors (Lipinski definition) is 4. The molecule has 39 heavy (non-hydrogen) atoms. The summed E-state index contributed by atoms with van der Waals surface area (Å²) in [5, 5.41) is 20.0. The Morgan fingerprint density at radius 1 is 0.974 bits per heavy atom. The van der Waals surface area contributed by atoms with E-state index in [0.717, 1.165) is 18.1 Å². The van der Waals surface area contributed by atoms with E-state index in [4.69, 9.17) is 0 Å². The van der Waals surface area contributed by atoms with Crippen LogP contribution < -0.4 is 16.2 Å². The third-order valence-corrected chi connectivity index (χ3v) is 6.46. The number of nitrogens with zero attached hydrogens (tertiary/aromatic N) is 1. The molecular weight excluding hydrogens is 502 g/mol. The molecule has 7 nitrogen and oxygen atoms in total. The molecule has 0 aliphatic heterocycles. The average Bonchev–Trinajstić information content (AvgIpc) is 3.25. The summed E-state index contributed by atoms with van der Waals surface area (Å²) in [6, 6.07) is 18.3. The van der Waals surface area contributed by atoms with Crippen molar-refractivity contribution in [3.05, 3.63) is 123 Å². The SMILES string of the molecule is CCc1cccc(CNC[C@H](O)[C@@H](Cc2cc(F)cc(F)c2)NC(=O)c2cccc(-n3[nH]c(C)cc3=O)c2)c1. The monoisotopic (exact) mass is 534 g/mol. The van der Waals surface area contributed by atoms with E-state index in [1.54, 1.807) is 31.2 Å². The van der Waals surface area contributed by atoms with Crippen molar-refractivity contribution >= 4 is 5.91 Å². The molecule has 0 saturated carbocycles. The van der Waals surface area contributed by atoms with E-state index < -0.39 is 29.7 Å². The average molecular weight is 535 g/mol. The number of amides is 1. The van der Waals surface area contributed by atoms with Crippen molar-refractivity contribution in [1.82, 2.24) is 20.4 Å². The number of aromatic nitrogens is 2. The molecule has 0 unspecified atom stereocenters. The molecule has 0 spiro atoms. The summed E-state index contributed by atoms with van der Waals surface area (Å²) in [5.41, 5.74) is 3.71. The Kier molecular flexibility index (Phi) is 9.06. The molecule has 4 rings (SSSR count). The molecule has 0 aliphatic rings. The molecule has 0 radical (unpaired) electrons. The summed E-state index contributed by atoms with van der Waals surface area (Å²) in [4.78, 5) is 25.5. The summed E-state index contributed by atoms with van der Waals surface area (Å²) < 4.78 is 29.1. The van der Waals surface area contributed by atoms with Crippen LogP contribution in [0.5, 0.6) is 0 Å². The van der Waals surface area contributed by atoms with Gasteiger partial charge >= 0.3 is 0 Å². The first-order valence-electron chi connectivity index (χ1n) is 12.8. The van der Waals surface area contributed by atoms with Crippen LogP contribution in [-0.4, -0.2) is 39.5 Å². The maximum atomic E-state index is 13.9. The molecular formula is C30H32F2N4O3. The molecule has 4 aromatic rings. The van der Waals surface area contributed by atoms with Gasteiger partial charge in [0.15, 0.2) is 0 Å². The molecule has 1 aromatic heterocycles. The zero-order chi connectivity index (χ0) is 27.9. The van der Waals surface area contributed by atoms with Gasteiger partial charge in [-0.05, 0) is 66.8 Å². The number of rotatable bonds is 11. The van der Waals surface area contributed by atoms with Crippen LogP contribution in [-0.2, 0) is 19.4 Å². The Hall–Kier alpha value is -4.08. The molecule has 2 atom stereocenters. The maximum Gasteiger partial charge on any atom is 0.271 e. The fourth-order valence-electron chi connectivity index (χ4n) is 4.48. The van der Waals surface area contributed by atoms with E-state index in [1.165, 1.54) is 28.4 Å². The molecule has 3 aromatic carbocycles. The lowest BCUT2D eigenvalue weighted by Gasteiger charge is -2.25. The lowest BCUT2D eigenvalue weighted by Crippen LogP contribution is -2.48. The van der Waals surface area contributed by atoms with Crippen molar-refractivity contribution in [2.75, 3.05) is 6.54 Å². The minimum atomic E-state index is -1.06. The van der Waals surface area contributed by atoms with E-state index in [-0.39, 0.29) is 24.1 Å². The fourth-order valence-corrected chi connectivity index (χ4v) is 4.48. The predicted molar refractivity (Wildman–Crippen MR) is 146 cm³/mol. The van der Waals surface area contributed by atoms with Gasteiger partial charge in [-0.3, -0.25) is 14.7 Å². The molecule has 9 heteroatoms. The van der Waals surface area contributed by atoms with Gasteiger partial charge in [0, 0.05) is 36.5 Å². The highest BCUT2D eigenvalue weighted by atomic mass is 19.1. The van der Waals surface area contributed by atoms with Gasteiger partial charge in [-0.1, -0.05) is 37.3 Å². The minimum Gasteiger partial charge on any atom is -0.390 e. The highest BCUT2D eigenvalue weighted by Gasteiger charge is 2.23. The van der Waals surface area contributed by atoms with Crippen LogP contribution in [0.1, 0.15) is 39.7 Å². The van der Waals surface area contributed by atoms with Crippen molar-refractivity contribution in [3.8, 4) is 5.69 Å². The Bertz CT molecular complexity index is 1480. The topological polar surface area (TPSA) is 99.1 Å². The number of hydrogen-bond acceptors (Lipinski definition) is 4. The van der Waals surface area contributed by atoms with E-state index in [9.17, 15) is 23.5 Å². The molecule has 0 fully saturated rings. The fraction of sp³-hybridized carbons (Fsp3) is 0.267. The first-order chi connectivity index (χ1) is 18.7. The van der Waals surface area contributed by atoms with Gasteiger partial charge in [0.25, 0.3) is 11.5 Å². The normalized spacial score (nSPS) is 12.7. The highest BCUT2D eigenvalue weighted by molar-refractivity contribution is 5.95. The van der Waals surface area contributed by atoms with Gasteiger partial charge in [-0.15, -0.1) is 0 Å². The third-order valence-electron chi connectivity index (χ3n) is 6.46. The summed E-state index contributed by atoms with van der Waals surface area (Å²) in [6.45, 7) is 4.47. The van der Waals surface area contributed by atoms with Crippen LogP contribution in [0.25, 0.3) is 5.69 Å². The molecule has 1 amide bonds. The number of nitrogens with one attached hydrogen (secondary N) is 3. The number of H-pyrrole nitrogens is 1. The second-order valence-corrected chi connectivity index (χ2v) is 9.60. The van der Waals surface area contributed by atoms with Crippen molar-refractivity contribution in [2.45, 2.75) is 45.4 Å². The van der Waals surface area contributed by atoms with Crippen LogP contribution in [0.4, 0.5) is 8.78 Å².